The lowest BCUT2D eigenvalue weighted by Gasteiger charge is -2.13. The molecule has 1 N–H and O–H groups in total. The van der Waals surface area contributed by atoms with Crippen molar-refractivity contribution >= 4 is 41.4 Å². The Morgan fingerprint density at radius 1 is 1.17 bits per heavy atom. The van der Waals surface area contributed by atoms with Crippen LogP contribution in [0.4, 0.5) is 0 Å². The Bertz CT molecular complexity index is 1620. The van der Waals surface area contributed by atoms with Crippen LogP contribution in [0.2, 0.25) is 0 Å². The molecule has 4 aromatic rings. The molecule has 180 valence electrons. The molecule has 2 aromatic heterocycles. The Balaban J connectivity index is 1.79. The van der Waals surface area contributed by atoms with Crippen LogP contribution in [-0.2, 0) is 4.79 Å². The molecule has 36 heavy (non-hydrogen) atoms. The zero-order chi connectivity index (χ0) is 25.4. The van der Waals surface area contributed by atoms with Crippen molar-refractivity contribution in [1.82, 2.24) is 3.97 Å². The second-order valence-electron chi connectivity index (χ2n) is 8.99. The molecule has 2 aromatic carbocycles. The van der Waals surface area contributed by atoms with Crippen molar-refractivity contribution in [1.29, 1.82) is 5.26 Å². The van der Waals surface area contributed by atoms with Crippen molar-refractivity contribution < 1.29 is 9.90 Å². The van der Waals surface area contributed by atoms with Crippen molar-refractivity contribution in [3.05, 3.63) is 86.5 Å². The smallest absolute Gasteiger partial charge is 0.307 e. The third-order valence-electron chi connectivity index (χ3n) is 6.72. The zero-order valence-electron chi connectivity index (χ0n) is 20.4. The van der Waals surface area contributed by atoms with Crippen molar-refractivity contribution in [2.45, 2.75) is 38.0 Å². The van der Waals surface area contributed by atoms with E-state index in [1.54, 1.807) is 11.9 Å². The molecule has 1 saturated carbocycles. The molecule has 0 bridgehead atoms. The molecule has 5 rings (SSSR count). The fraction of sp³-hybridized carbons (Fsp3) is 0.200. The summed E-state index contributed by atoms with van der Waals surface area (Å²) in [6.07, 6.45) is 4.91. The van der Waals surface area contributed by atoms with Gasteiger partial charge in [0, 0.05) is 26.8 Å². The van der Waals surface area contributed by atoms with Gasteiger partial charge < -0.3 is 5.11 Å². The molecule has 4 nitrogen and oxygen atoms in total. The number of carbonyl (C=O) groups is 1. The lowest BCUT2D eigenvalue weighted by molar-refractivity contribution is -0.138. The maximum atomic E-state index is 11.5. The number of nitriles is 1. The number of aromatic nitrogens is 1. The summed E-state index contributed by atoms with van der Waals surface area (Å²) in [7, 11) is 0. The minimum absolute atomic E-state index is 0.0456. The van der Waals surface area contributed by atoms with Gasteiger partial charge in [0.05, 0.1) is 17.0 Å². The largest absolute Gasteiger partial charge is 0.481 e. The number of nitrogens with zero attached hydrogens (tertiary/aromatic N) is 2. The number of carboxylic acids is 1. The van der Waals surface area contributed by atoms with Crippen LogP contribution in [0.3, 0.4) is 0 Å². The summed E-state index contributed by atoms with van der Waals surface area (Å²) in [5.41, 5.74) is 6.26. The highest BCUT2D eigenvalue weighted by molar-refractivity contribution is 7.98. The minimum atomic E-state index is -0.730. The Morgan fingerprint density at radius 2 is 1.94 bits per heavy atom. The highest BCUT2D eigenvalue weighted by atomic mass is 32.2. The Labute approximate surface area is 219 Å². The Morgan fingerprint density at radius 3 is 2.58 bits per heavy atom. The van der Waals surface area contributed by atoms with Gasteiger partial charge >= 0.3 is 5.97 Å². The average Bonchev–Trinajstić information content (AvgIpc) is 3.46. The van der Waals surface area contributed by atoms with Gasteiger partial charge in [-0.25, -0.2) is 0 Å². The molecule has 0 amide bonds. The lowest BCUT2D eigenvalue weighted by atomic mass is 9.98. The van der Waals surface area contributed by atoms with E-state index < -0.39 is 5.97 Å². The number of carboxylic acid groups (broad SMARTS) is 1. The van der Waals surface area contributed by atoms with Crippen LogP contribution in [0.15, 0.2) is 64.9 Å². The summed E-state index contributed by atoms with van der Waals surface area (Å²) in [4.78, 5) is 13.3. The molecule has 2 unspecified atom stereocenters. The normalized spacial score (nSPS) is 17.8. The predicted molar refractivity (Wildman–Crippen MR) is 148 cm³/mol. The molecule has 0 saturated heterocycles. The van der Waals surface area contributed by atoms with E-state index in [0.29, 0.717) is 11.3 Å². The fourth-order valence-corrected chi connectivity index (χ4v) is 6.58. The lowest BCUT2D eigenvalue weighted by Crippen LogP contribution is -2.27. The second-order valence-corrected chi connectivity index (χ2v) is 10.9. The van der Waals surface area contributed by atoms with Crippen LogP contribution in [0.25, 0.3) is 34.5 Å². The first-order valence-electron chi connectivity index (χ1n) is 11.9. The maximum Gasteiger partial charge on any atom is 0.307 e. The summed E-state index contributed by atoms with van der Waals surface area (Å²) in [6.45, 7) is 6.16. The van der Waals surface area contributed by atoms with Gasteiger partial charge in [-0.05, 0) is 80.3 Å². The van der Waals surface area contributed by atoms with Crippen LogP contribution in [0, 0.1) is 24.2 Å². The van der Waals surface area contributed by atoms with E-state index in [-0.39, 0.29) is 11.8 Å². The van der Waals surface area contributed by atoms with Gasteiger partial charge in [-0.3, -0.25) is 8.77 Å². The SMILES string of the molecule is C/C=c1/c(-c2ccsc2C#N)c(-c2cccc(C3CC3C(=O)O)c2)n(Sc2ccc(C)cc2)/c1=C/C. The monoisotopic (exact) mass is 510 g/mol. The first kappa shape index (κ1) is 24.2. The number of rotatable bonds is 6. The van der Waals surface area contributed by atoms with Crippen LogP contribution in [-0.4, -0.2) is 15.0 Å². The van der Waals surface area contributed by atoms with Gasteiger partial charge in [0.2, 0.25) is 0 Å². The molecule has 0 aliphatic heterocycles. The van der Waals surface area contributed by atoms with Gasteiger partial charge in [-0.2, -0.15) is 5.26 Å². The van der Waals surface area contributed by atoms with Gasteiger partial charge in [0.1, 0.15) is 10.9 Å². The van der Waals surface area contributed by atoms with E-state index in [1.165, 1.54) is 16.9 Å². The standard InChI is InChI=1S/C30H26N2O2S2/c1-4-22-26(5-2)32(36-21-11-9-18(3)10-12-21)29(28(22)23-13-14-35-27(23)17-31)20-8-6-7-19(15-20)24-16-25(24)30(33)34/h4-15,24-25H,16H2,1-3H3,(H,33,34)/b22-4+,26-5+. The third kappa shape index (κ3) is 4.30. The maximum absolute atomic E-state index is 11.5. The highest BCUT2D eigenvalue weighted by Crippen LogP contribution is 2.48. The van der Waals surface area contributed by atoms with Gasteiger partial charge in [0.25, 0.3) is 0 Å². The van der Waals surface area contributed by atoms with E-state index in [1.807, 2.05) is 37.4 Å². The molecular weight excluding hydrogens is 484 g/mol. The van der Waals surface area contributed by atoms with E-state index >= 15 is 0 Å². The number of aliphatic carboxylic acids is 1. The fourth-order valence-electron chi connectivity index (χ4n) is 4.83. The van der Waals surface area contributed by atoms with E-state index in [2.05, 4.69) is 65.5 Å². The predicted octanol–water partition coefficient (Wildman–Crippen LogP) is 6.41. The van der Waals surface area contributed by atoms with Crippen LogP contribution < -0.4 is 10.6 Å². The van der Waals surface area contributed by atoms with Crippen molar-refractivity contribution in [2.24, 2.45) is 5.92 Å². The highest BCUT2D eigenvalue weighted by Gasteiger charge is 2.44. The molecule has 0 radical (unpaired) electrons. The first-order chi connectivity index (χ1) is 17.5. The summed E-state index contributed by atoms with van der Waals surface area (Å²) in [5, 5.41) is 23.5. The number of hydrogen-bond donors (Lipinski definition) is 1. The Kier molecular flexibility index (Phi) is 6.61. The molecule has 6 heteroatoms. The van der Waals surface area contributed by atoms with Gasteiger partial charge in [-0.1, -0.05) is 48.0 Å². The van der Waals surface area contributed by atoms with E-state index in [4.69, 9.17) is 0 Å². The van der Waals surface area contributed by atoms with Crippen LogP contribution >= 0.6 is 23.3 Å². The molecule has 2 atom stereocenters. The summed E-state index contributed by atoms with van der Waals surface area (Å²) in [6, 6.07) is 21.2. The minimum Gasteiger partial charge on any atom is -0.481 e. The number of thiophene rings is 1. The quantitative estimate of drug-likeness (QED) is 0.326. The molecule has 2 heterocycles. The second kappa shape index (κ2) is 9.85. The number of hydrogen-bond acceptors (Lipinski definition) is 4. The summed E-state index contributed by atoms with van der Waals surface area (Å²) in [5.74, 6) is -0.994. The summed E-state index contributed by atoms with van der Waals surface area (Å²) >= 11 is 3.11. The number of aryl methyl sites for hydroxylation is 1. The van der Waals surface area contributed by atoms with Crippen molar-refractivity contribution in [3.63, 3.8) is 0 Å². The van der Waals surface area contributed by atoms with Crippen LogP contribution in [0.1, 0.15) is 42.2 Å². The van der Waals surface area contributed by atoms with Crippen molar-refractivity contribution in [2.75, 3.05) is 0 Å². The molecular formula is C30H26N2O2S2. The molecule has 1 fully saturated rings. The third-order valence-corrected chi connectivity index (χ3v) is 8.58. The van der Waals surface area contributed by atoms with Crippen LogP contribution in [0.5, 0.6) is 0 Å². The number of benzene rings is 2. The molecule has 0 spiro atoms. The van der Waals surface area contributed by atoms with E-state index in [0.717, 1.165) is 43.4 Å². The van der Waals surface area contributed by atoms with E-state index in [9.17, 15) is 15.2 Å². The Hall–Kier alpha value is -3.53. The summed E-state index contributed by atoms with van der Waals surface area (Å²) < 4.78 is 2.26. The molecule has 1 aliphatic rings. The van der Waals surface area contributed by atoms with Crippen molar-refractivity contribution in [3.8, 4) is 28.5 Å². The topological polar surface area (TPSA) is 66.0 Å². The van der Waals surface area contributed by atoms with Gasteiger partial charge in [-0.15, -0.1) is 11.3 Å². The average molecular weight is 511 g/mol. The molecule has 1 aliphatic carbocycles. The van der Waals surface area contributed by atoms with Gasteiger partial charge in [0.15, 0.2) is 0 Å². The first-order valence-corrected chi connectivity index (χ1v) is 13.6. The zero-order valence-corrected chi connectivity index (χ0v) is 22.0.